The van der Waals surface area contributed by atoms with Crippen LogP contribution in [0.15, 0.2) is 18.2 Å². The lowest BCUT2D eigenvalue weighted by atomic mass is 9.99. The van der Waals surface area contributed by atoms with Crippen molar-refractivity contribution in [1.29, 1.82) is 0 Å². The summed E-state index contributed by atoms with van der Waals surface area (Å²) in [6.07, 6.45) is 2.28. The summed E-state index contributed by atoms with van der Waals surface area (Å²) in [5.74, 6) is 1.21. The van der Waals surface area contributed by atoms with Crippen molar-refractivity contribution in [2.45, 2.75) is 18.7 Å². The van der Waals surface area contributed by atoms with Gasteiger partial charge in [-0.05, 0) is 36.5 Å². The number of hydrogen-bond acceptors (Lipinski definition) is 2. The third-order valence-corrected chi connectivity index (χ3v) is 4.06. The van der Waals surface area contributed by atoms with Crippen molar-refractivity contribution in [3.63, 3.8) is 0 Å². The molecule has 1 fully saturated rings. The zero-order valence-electron chi connectivity index (χ0n) is 10.7. The molecule has 0 aromatic heterocycles. The van der Waals surface area contributed by atoms with Gasteiger partial charge in [0.15, 0.2) is 0 Å². The maximum absolute atomic E-state index is 6.30. The van der Waals surface area contributed by atoms with E-state index in [0.717, 1.165) is 48.9 Å². The van der Waals surface area contributed by atoms with Gasteiger partial charge in [0.2, 0.25) is 0 Å². The number of rotatable bonds is 4. The Bertz CT molecular complexity index is 391. The number of nitrogens with zero attached hydrogens (tertiary/aromatic N) is 1. The van der Waals surface area contributed by atoms with E-state index in [1.165, 1.54) is 0 Å². The fraction of sp³-hybridized carbons (Fsp3) is 0.571. The molecule has 100 valence electrons. The maximum Gasteiger partial charge on any atom is 0.0642 e. The minimum atomic E-state index is 0.504. The van der Waals surface area contributed by atoms with Gasteiger partial charge in [0.1, 0.15) is 0 Å². The smallest absolute Gasteiger partial charge is 0.0642 e. The number of benzene rings is 1. The van der Waals surface area contributed by atoms with E-state index in [1.807, 2.05) is 12.1 Å². The summed E-state index contributed by atoms with van der Waals surface area (Å²) in [6.45, 7) is 2.80. The summed E-state index contributed by atoms with van der Waals surface area (Å²) in [5, 5.41) is 0.780. The van der Waals surface area contributed by atoms with E-state index >= 15 is 0 Å². The summed E-state index contributed by atoms with van der Waals surface area (Å²) < 4.78 is 5.38. The molecule has 2 rings (SSSR count). The van der Waals surface area contributed by atoms with E-state index in [0.29, 0.717) is 11.8 Å². The van der Waals surface area contributed by atoms with Crippen LogP contribution in [0.1, 0.15) is 18.4 Å². The lowest BCUT2D eigenvalue weighted by molar-refractivity contribution is 0.0685. The van der Waals surface area contributed by atoms with Gasteiger partial charge in [-0.25, -0.2) is 0 Å². The van der Waals surface area contributed by atoms with Crippen LogP contribution in [-0.2, 0) is 10.6 Å². The van der Waals surface area contributed by atoms with Gasteiger partial charge in [0, 0.05) is 32.7 Å². The highest BCUT2D eigenvalue weighted by molar-refractivity contribution is 6.33. The van der Waals surface area contributed by atoms with Gasteiger partial charge in [-0.15, -0.1) is 11.6 Å². The predicted molar refractivity (Wildman–Crippen MR) is 77.8 cm³/mol. The quantitative estimate of drug-likeness (QED) is 0.778. The number of halogens is 2. The number of alkyl halides is 1. The number of ether oxygens (including phenoxy) is 1. The molecule has 1 saturated heterocycles. The van der Waals surface area contributed by atoms with Crippen molar-refractivity contribution in [3.05, 3.63) is 28.8 Å². The first-order chi connectivity index (χ1) is 8.70. The van der Waals surface area contributed by atoms with E-state index in [9.17, 15) is 0 Å². The Morgan fingerprint density at radius 1 is 1.33 bits per heavy atom. The van der Waals surface area contributed by atoms with Crippen LogP contribution in [0.4, 0.5) is 5.69 Å². The fourth-order valence-corrected chi connectivity index (χ4v) is 2.87. The normalized spacial score (nSPS) is 16.8. The molecule has 0 aliphatic carbocycles. The molecule has 0 spiro atoms. The lowest BCUT2D eigenvalue weighted by Crippen LogP contribution is -2.29. The lowest BCUT2D eigenvalue weighted by Gasteiger charge is -2.29. The van der Waals surface area contributed by atoms with Gasteiger partial charge < -0.3 is 9.64 Å². The average molecular weight is 288 g/mol. The Balaban J connectivity index is 2.01. The van der Waals surface area contributed by atoms with Crippen LogP contribution in [-0.4, -0.2) is 26.8 Å². The molecule has 1 aliphatic heterocycles. The summed E-state index contributed by atoms with van der Waals surface area (Å²) in [7, 11) is 2.09. The summed E-state index contributed by atoms with van der Waals surface area (Å²) >= 11 is 12.1. The van der Waals surface area contributed by atoms with Crippen molar-refractivity contribution in [3.8, 4) is 0 Å². The molecule has 0 saturated carbocycles. The standard InChI is InChI=1S/C14H19Cl2NO/c1-17(10-11-4-6-18-7-5-11)14-3-2-12(9-15)8-13(14)16/h2-3,8,11H,4-7,9-10H2,1H3. The molecule has 4 heteroatoms. The second-order valence-electron chi connectivity index (χ2n) is 4.86. The van der Waals surface area contributed by atoms with Crippen molar-refractivity contribution in [2.75, 3.05) is 31.7 Å². The fourth-order valence-electron chi connectivity index (χ4n) is 2.36. The molecular weight excluding hydrogens is 269 g/mol. The third kappa shape index (κ3) is 3.53. The highest BCUT2D eigenvalue weighted by Crippen LogP contribution is 2.28. The van der Waals surface area contributed by atoms with Gasteiger partial charge in [-0.1, -0.05) is 17.7 Å². The van der Waals surface area contributed by atoms with Crippen molar-refractivity contribution < 1.29 is 4.74 Å². The average Bonchev–Trinajstić information content (AvgIpc) is 2.39. The molecule has 1 aliphatic rings. The van der Waals surface area contributed by atoms with Crippen molar-refractivity contribution >= 4 is 28.9 Å². The Labute approximate surface area is 119 Å². The first-order valence-electron chi connectivity index (χ1n) is 6.34. The summed E-state index contributed by atoms with van der Waals surface area (Å²) in [4.78, 5) is 2.23. The molecule has 2 nitrogen and oxygen atoms in total. The Morgan fingerprint density at radius 3 is 2.67 bits per heavy atom. The van der Waals surface area contributed by atoms with Crippen LogP contribution < -0.4 is 4.90 Å². The molecule has 0 amide bonds. The minimum absolute atomic E-state index is 0.504. The highest BCUT2D eigenvalue weighted by atomic mass is 35.5. The van der Waals surface area contributed by atoms with Crippen LogP contribution in [0.25, 0.3) is 0 Å². The van der Waals surface area contributed by atoms with Crippen LogP contribution in [0.2, 0.25) is 5.02 Å². The molecule has 18 heavy (non-hydrogen) atoms. The van der Waals surface area contributed by atoms with E-state index in [4.69, 9.17) is 27.9 Å². The second kappa shape index (κ2) is 6.65. The van der Waals surface area contributed by atoms with Crippen LogP contribution in [0, 0.1) is 5.92 Å². The third-order valence-electron chi connectivity index (χ3n) is 3.45. The molecular formula is C14H19Cl2NO. The van der Waals surface area contributed by atoms with Gasteiger partial charge in [0.25, 0.3) is 0 Å². The van der Waals surface area contributed by atoms with Gasteiger partial charge >= 0.3 is 0 Å². The number of anilines is 1. The highest BCUT2D eigenvalue weighted by Gasteiger charge is 2.17. The van der Waals surface area contributed by atoms with E-state index in [1.54, 1.807) is 0 Å². The van der Waals surface area contributed by atoms with Crippen molar-refractivity contribution in [2.24, 2.45) is 5.92 Å². The molecule has 0 unspecified atom stereocenters. The van der Waals surface area contributed by atoms with Gasteiger partial charge in [0.05, 0.1) is 10.7 Å². The molecule has 1 heterocycles. The molecule has 0 radical (unpaired) electrons. The van der Waals surface area contributed by atoms with Gasteiger partial charge in [-0.3, -0.25) is 0 Å². The minimum Gasteiger partial charge on any atom is -0.381 e. The van der Waals surface area contributed by atoms with Crippen molar-refractivity contribution in [1.82, 2.24) is 0 Å². The van der Waals surface area contributed by atoms with E-state index in [-0.39, 0.29) is 0 Å². The molecule has 0 atom stereocenters. The second-order valence-corrected chi connectivity index (χ2v) is 5.53. The Hall–Kier alpha value is -0.440. The van der Waals surface area contributed by atoms with Gasteiger partial charge in [-0.2, -0.15) is 0 Å². The monoisotopic (exact) mass is 287 g/mol. The molecule has 1 aromatic carbocycles. The van der Waals surface area contributed by atoms with E-state index < -0.39 is 0 Å². The Kier molecular flexibility index (Phi) is 5.16. The number of hydrogen-bond donors (Lipinski definition) is 0. The van der Waals surface area contributed by atoms with E-state index in [2.05, 4.69) is 18.0 Å². The van der Waals surface area contributed by atoms with Crippen LogP contribution >= 0.6 is 23.2 Å². The topological polar surface area (TPSA) is 12.5 Å². The zero-order chi connectivity index (χ0) is 13.0. The van der Waals surface area contributed by atoms with Crippen LogP contribution in [0.3, 0.4) is 0 Å². The SMILES string of the molecule is CN(CC1CCOCC1)c1ccc(CCl)cc1Cl. The predicted octanol–water partition coefficient (Wildman–Crippen LogP) is 3.94. The molecule has 0 bridgehead atoms. The first-order valence-corrected chi connectivity index (χ1v) is 7.25. The largest absolute Gasteiger partial charge is 0.381 e. The first kappa shape index (κ1) is 14.0. The summed E-state index contributed by atoms with van der Waals surface area (Å²) in [5.41, 5.74) is 2.14. The van der Waals surface area contributed by atoms with Crippen LogP contribution in [0.5, 0.6) is 0 Å². The Morgan fingerprint density at radius 2 is 2.06 bits per heavy atom. The molecule has 0 N–H and O–H groups in total. The molecule has 1 aromatic rings. The maximum atomic E-state index is 6.30. The zero-order valence-corrected chi connectivity index (χ0v) is 12.2. The summed E-state index contributed by atoms with van der Waals surface area (Å²) in [6, 6.07) is 6.04.